The van der Waals surface area contributed by atoms with Gasteiger partial charge in [0.1, 0.15) is 0 Å². The molecular weight excluding hydrogens is 383 g/mol. The Balaban J connectivity index is 2.57. The van der Waals surface area contributed by atoms with Crippen molar-refractivity contribution in [1.29, 1.82) is 0 Å². The molecule has 0 saturated carbocycles. The molecule has 1 aliphatic heterocycles. The van der Waals surface area contributed by atoms with E-state index < -0.39 is 42.6 Å². The molecule has 1 heterocycles. The minimum atomic E-state index is -3.30. The van der Waals surface area contributed by atoms with E-state index in [4.69, 9.17) is 25.5 Å². The van der Waals surface area contributed by atoms with Gasteiger partial charge in [0.05, 0.1) is 11.2 Å². The highest BCUT2D eigenvalue weighted by atomic mass is 16.8. The minimum absolute atomic E-state index is 0.0252. The van der Waals surface area contributed by atoms with Crippen molar-refractivity contribution < 1.29 is 38.6 Å². The van der Waals surface area contributed by atoms with Gasteiger partial charge in [-0.15, -0.1) is 0 Å². The summed E-state index contributed by atoms with van der Waals surface area (Å²) in [6, 6.07) is 4.63. The van der Waals surface area contributed by atoms with Crippen LogP contribution in [0.2, 0.25) is 0 Å². The molecule has 0 aliphatic carbocycles. The summed E-state index contributed by atoms with van der Waals surface area (Å²) in [6.45, 7) is 11.2. The molecule has 0 radical (unpaired) electrons. The summed E-state index contributed by atoms with van der Waals surface area (Å²) >= 11 is 0. The number of aliphatic hydroxyl groups is 2. The highest BCUT2D eigenvalue weighted by Crippen LogP contribution is 2.38. The SMILES string of the molecule is C=Cc1c(B2OC(C)(C)C(C)(C)O2)cccc1C(OC(N)=O)C(O)(O)OC(N)=O. The van der Waals surface area contributed by atoms with Crippen LogP contribution >= 0.6 is 0 Å². The Morgan fingerprint density at radius 3 is 2.17 bits per heavy atom. The summed E-state index contributed by atoms with van der Waals surface area (Å²) in [7, 11) is -0.828. The first-order chi connectivity index (χ1) is 13.2. The van der Waals surface area contributed by atoms with E-state index >= 15 is 0 Å². The van der Waals surface area contributed by atoms with Crippen molar-refractivity contribution in [3.8, 4) is 0 Å². The summed E-state index contributed by atoms with van der Waals surface area (Å²) in [5.74, 6) is -3.30. The van der Waals surface area contributed by atoms with Crippen LogP contribution in [0.25, 0.3) is 6.08 Å². The molecule has 2 rings (SSSR count). The smallest absolute Gasteiger partial charge is 0.431 e. The molecule has 0 spiro atoms. The van der Waals surface area contributed by atoms with Gasteiger partial charge in [-0.25, -0.2) is 9.59 Å². The number of nitrogens with two attached hydrogens (primary N) is 2. The average Bonchev–Trinajstić information content (AvgIpc) is 2.78. The van der Waals surface area contributed by atoms with Crippen LogP contribution < -0.4 is 16.9 Å². The van der Waals surface area contributed by atoms with Crippen molar-refractivity contribution in [1.82, 2.24) is 0 Å². The second kappa shape index (κ2) is 7.67. The zero-order chi connectivity index (χ0) is 22.2. The number of rotatable bonds is 6. The molecule has 0 bridgehead atoms. The van der Waals surface area contributed by atoms with E-state index in [1.165, 1.54) is 12.1 Å². The van der Waals surface area contributed by atoms with Crippen molar-refractivity contribution in [3.63, 3.8) is 0 Å². The number of ether oxygens (including phenoxy) is 2. The van der Waals surface area contributed by atoms with Gasteiger partial charge in [-0.1, -0.05) is 30.9 Å². The Labute approximate surface area is 168 Å². The van der Waals surface area contributed by atoms with Gasteiger partial charge in [0, 0.05) is 5.56 Å². The molecule has 1 aromatic carbocycles. The normalized spacial score (nSPS) is 18.8. The molecule has 1 unspecified atom stereocenters. The summed E-state index contributed by atoms with van der Waals surface area (Å²) in [5.41, 5.74) is 9.45. The first-order valence-electron chi connectivity index (χ1n) is 8.72. The number of amides is 2. The van der Waals surface area contributed by atoms with E-state index in [1.54, 1.807) is 12.1 Å². The molecule has 158 valence electrons. The van der Waals surface area contributed by atoms with Crippen molar-refractivity contribution in [2.75, 3.05) is 0 Å². The van der Waals surface area contributed by atoms with Gasteiger partial charge in [0.25, 0.3) is 0 Å². The summed E-state index contributed by atoms with van der Waals surface area (Å²) in [5, 5.41) is 20.4. The number of hydrogen-bond donors (Lipinski definition) is 4. The average molecular weight is 408 g/mol. The fourth-order valence-electron chi connectivity index (χ4n) is 2.90. The standard InChI is InChI=1S/C18H25BN2O8/c1-6-10-11(13(26-14(20)22)18(24,25)27-15(21)23)8-7-9-12(10)19-28-16(2,3)17(4,5)29-19/h6-9,13,24-25H,1H2,2-5H3,(H2,20,22)(H2,21,23). The second-order valence-electron chi connectivity index (χ2n) is 7.54. The highest BCUT2D eigenvalue weighted by Gasteiger charge is 2.53. The largest absolute Gasteiger partial charge is 0.495 e. The summed E-state index contributed by atoms with van der Waals surface area (Å²) < 4.78 is 21.2. The zero-order valence-corrected chi connectivity index (χ0v) is 16.7. The van der Waals surface area contributed by atoms with Crippen LogP contribution in [0.4, 0.5) is 9.59 Å². The molecule has 1 atom stereocenters. The Hall–Kier alpha value is -2.60. The van der Waals surface area contributed by atoms with E-state index in [1.807, 2.05) is 27.7 Å². The highest BCUT2D eigenvalue weighted by molar-refractivity contribution is 6.63. The van der Waals surface area contributed by atoms with Gasteiger partial charge in [0.2, 0.25) is 6.10 Å². The Morgan fingerprint density at radius 2 is 1.72 bits per heavy atom. The molecule has 1 aliphatic rings. The van der Waals surface area contributed by atoms with E-state index in [0.717, 1.165) is 0 Å². The van der Waals surface area contributed by atoms with Gasteiger partial charge in [0.15, 0.2) is 0 Å². The second-order valence-corrected chi connectivity index (χ2v) is 7.54. The number of carbonyl (C=O) groups excluding carboxylic acids is 2. The third kappa shape index (κ3) is 4.53. The third-order valence-corrected chi connectivity index (χ3v) is 4.99. The number of carbonyl (C=O) groups is 2. The maximum absolute atomic E-state index is 11.4. The lowest BCUT2D eigenvalue weighted by Crippen LogP contribution is -2.46. The van der Waals surface area contributed by atoms with Crippen LogP contribution in [-0.2, 0) is 18.8 Å². The van der Waals surface area contributed by atoms with E-state index in [2.05, 4.69) is 11.3 Å². The van der Waals surface area contributed by atoms with Crippen molar-refractivity contribution >= 4 is 30.8 Å². The Morgan fingerprint density at radius 1 is 1.17 bits per heavy atom. The molecule has 10 nitrogen and oxygen atoms in total. The topological polar surface area (TPSA) is 164 Å². The van der Waals surface area contributed by atoms with Gasteiger partial charge in [-0.05, 0) is 38.7 Å². The predicted molar refractivity (Wildman–Crippen MR) is 103 cm³/mol. The van der Waals surface area contributed by atoms with Gasteiger partial charge >= 0.3 is 25.3 Å². The molecule has 1 aromatic rings. The monoisotopic (exact) mass is 408 g/mol. The van der Waals surface area contributed by atoms with Crippen LogP contribution in [0.15, 0.2) is 24.8 Å². The minimum Gasteiger partial charge on any atom is -0.431 e. The Bertz CT molecular complexity index is 808. The van der Waals surface area contributed by atoms with E-state index in [9.17, 15) is 19.8 Å². The number of benzene rings is 1. The van der Waals surface area contributed by atoms with Crippen LogP contribution in [0.1, 0.15) is 44.9 Å². The lowest BCUT2D eigenvalue weighted by Gasteiger charge is -2.32. The van der Waals surface area contributed by atoms with Crippen LogP contribution in [-0.4, -0.2) is 46.7 Å². The molecule has 2 amide bonds. The summed E-state index contributed by atoms with van der Waals surface area (Å²) in [6.07, 6.45) is -3.39. The predicted octanol–water partition coefficient (Wildman–Crippen LogP) is 0.499. The zero-order valence-electron chi connectivity index (χ0n) is 16.7. The third-order valence-electron chi connectivity index (χ3n) is 4.99. The Kier molecular flexibility index (Phi) is 6.00. The fraction of sp³-hybridized carbons (Fsp3) is 0.444. The van der Waals surface area contributed by atoms with Gasteiger partial charge in [-0.2, -0.15) is 0 Å². The first kappa shape index (κ1) is 22.7. The van der Waals surface area contributed by atoms with Gasteiger partial charge < -0.3 is 40.5 Å². The fourth-order valence-corrected chi connectivity index (χ4v) is 2.90. The molecule has 0 aromatic heterocycles. The number of hydrogen-bond acceptors (Lipinski definition) is 8. The lowest BCUT2D eigenvalue weighted by molar-refractivity contribution is -0.350. The lowest BCUT2D eigenvalue weighted by atomic mass is 9.74. The maximum atomic E-state index is 11.4. The van der Waals surface area contributed by atoms with Crippen LogP contribution in [0, 0.1) is 0 Å². The van der Waals surface area contributed by atoms with Crippen LogP contribution in [0.3, 0.4) is 0 Å². The van der Waals surface area contributed by atoms with E-state index in [-0.39, 0.29) is 5.56 Å². The first-order valence-corrected chi connectivity index (χ1v) is 8.72. The van der Waals surface area contributed by atoms with Crippen molar-refractivity contribution in [2.45, 2.75) is 51.0 Å². The molecular formula is C18H25BN2O8. The number of primary amides is 2. The van der Waals surface area contributed by atoms with Crippen molar-refractivity contribution in [3.05, 3.63) is 35.9 Å². The molecule has 6 N–H and O–H groups in total. The summed E-state index contributed by atoms with van der Waals surface area (Å²) in [4.78, 5) is 22.4. The molecule has 1 fully saturated rings. The quantitative estimate of drug-likeness (QED) is 0.390. The van der Waals surface area contributed by atoms with Crippen LogP contribution in [0.5, 0.6) is 0 Å². The molecule has 1 saturated heterocycles. The molecule has 11 heteroatoms. The maximum Gasteiger partial charge on any atom is 0.495 e. The van der Waals surface area contributed by atoms with E-state index in [0.29, 0.717) is 11.0 Å². The van der Waals surface area contributed by atoms with Gasteiger partial charge in [-0.3, -0.25) is 0 Å². The molecule has 29 heavy (non-hydrogen) atoms. The van der Waals surface area contributed by atoms with Crippen molar-refractivity contribution in [2.24, 2.45) is 11.5 Å².